The van der Waals surface area contributed by atoms with Crippen molar-refractivity contribution in [3.63, 3.8) is 0 Å². The highest BCUT2D eigenvalue weighted by molar-refractivity contribution is 7.80. The lowest BCUT2D eigenvalue weighted by Gasteiger charge is -2.15. The largest absolute Gasteiger partial charge is 0.491 e. The molecule has 0 aliphatic rings. The van der Waals surface area contributed by atoms with Crippen molar-refractivity contribution in [2.75, 3.05) is 11.9 Å². The summed E-state index contributed by atoms with van der Waals surface area (Å²) < 4.78 is 10.7. The fourth-order valence-corrected chi connectivity index (χ4v) is 2.69. The number of carbonyl (C=O) groups excluding carboxylic acids is 1. The van der Waals surface area contributed by atoms with E-state index in [0.717, 1.165) is 22.6 Å². The third-order valence-electron chi connectivity index (χ3n) is 3.83. The van der Waals surface area contributed by atoms with Gasteiger partial charge < -0.3 is 20.1 Å². The van der Waals surface area contributed by atoms with Gasteiger partial charge in [0.05, 0.1) is 18.3 Å². The molecule has 0 saturated heterocycles. The Kier molecular flexibility index (Phi) is 7.61. The van der Waals surface area contributed by atoms with Gasteiger partial charge in [0.1, 0.15) is 5.75 Å². The second-order valence-electron chi connectivity index (χ2n) is 6.32. The Hall–Kier alpha value is -2.60. The van der Waals surface area contributed by atoms with Crippen LogP contribution in [0.1, 0.15) is 42.3 Å². The normalized spacial score (nSPS) is 10.4. The van der Waals surface area contributed by atoms with Crippen molar-refractivity contribution in [1.82, 2.24) is 5.32 Å². The molecule has 0 fully saturated rings. The average molecular weight is 387 g/mol. The maximum atomic E-state index is 12.0. The van der Waals surface area contributed by atoms with Crippen LogP contribution >= 0.6 is 12.2 Å². The molecule has 0 aromatic heterocycles. The number of ether oxygens (including phenoxy) is 2. The molecule has 2 N–H and O–H groups in total. The van der Waals surface area contributed by atoms with Gasteiger partial charge in [0.2, 0.25) is 0 Å². The molecule has 0 amide bonds. The predicted molar refractivity (Wildman–Crippen MR) is 112 cm³/mol. The summed E-state index contributed by atoms with van der Waals surface area (Å²) in [5.74, 6) is 0.516. The van der Waals surface area contributed by atoms with E-state index in [0.29, 0.717) is 23.8 Å². The molecule has 2 rings (SSSR count). The highest BCUT2D eigenvalue weighted by Gasteiger charge is 2.13. The van der Waals surface area contributed by atoms with Crippen LogP contribution in [-0.4, -0.2) is 23.8 Å². The van der Waals surface area contributed by atoms with E-state index in [1.54, 1.807) is 19.1 Å². The molecular weight excluding hydrogens is 360 g/mol. The van der Waals surface area contributed by atoms with Crippen molar-refractivity contribution in [2.24, 2.45) is 0 Å². The van der Waals surface area contributed by atoms with E-state index in [1.165, 1.54) is 0 Å². The van der Waals surface area contributed by atoms with Crippen molar-refractivity contribution in [1.29, 1.82) is 0 Å². The van der Waals surface area contributed by atoms with Gasteiger partial charge in [-0.1, -0.05) is 18.2 Å². The Morgan fingerprint density at radius 2 is 1.85 bits per heavy atom. The molecule has 0 bridgehead atoms. The summed E-state index contributed by atoms with van der Waals surface area (Å²) >= 11 is 5.37. The van der Waals surface area contributed by atoms with Crippen LogP contribution in [-0.2, 0) is 11.3 Å². The zero-order valence-electron chi connectivity index (χ0n) is 16.2. The monoisotopic (exact) mass is 386 g/mol. The smallest absolute Gasteiger partial charge is 0.338 e. The van der Waals surface area contributed by atoms with Gasteiger partial charge in [0.15, 0.2) is 5.11 Å². The van der Waals surface area contributed by atoms with E-state index in [2.05, 4.69) is 10.6 Å². The molecule has 0 heterocycles. The fraction of sp³-hybridized carbons (Fsp3) is 0.333. The number of benzene rings is 2. The lowest BCUT2D eigenvalue weighted by atomic mass is 10.1. The molecule has 144 valence electrons. The number of thiocarbonyl (C=S) groups is 1. The van der Waals surface area contributed by atoms with E-state index in [4.69, 9.17) is 21.7 Å². The minimum absolute atomic E-state index is 0.152. The van der Waals surface area contributed by atoms with Gasteiger partial charge in [-0.15, -0.1) is 0 Å². The Morgan fingerprint density at radius 3 is 2.48 bits per heavy atom. The number of hydrogen-bond donors (Lipinski definition) is 2. The van der Waals surface area contributed by atoms with Gasteiger partial charge in [-0.05, 0) is 75.3 Å². The van der Waals surface area contributed by atoms with E-state index >= 15 is 0 Å². The van der Waals surface area contributed by atoms with Crippen molar-refractivity contribution >= 4 is 29.0 Å². The Bertz CT molecular complexity index is 789. The minimum Gasteiger partial charge on any atom is -0.491 e. The average Bonchev–Trinajstić information content (AvgIpc) is 2.62. The molecule has 0 aliphatic carbocycles. The molecule has 0 atom stereocenters. The molecule has 0 unspecified atom stereocenters. The lowest BCUT2D eigenvalue weighted by Crippen LogP contribution is -2.28. The predicted octanol–water partition coefficient (Wildman–Crippen LogP) is 4.45. The molecule has 5 nitrogen and oxygen atoms in total. The first-order chi connectivity index (χ1) is 12.9. The number of esters is 1. The van der Waals surface area contributed by atoms with Gasteiger partial charge in [0, 0.05) is 12.2 Å². The first-order valence-corrected chi connectivity index (χ1v) is 9.38. The zero-order chi connectivity index (χ0) is 19.8. The first kappa shape index (κ1) is 20.7. The third-order valence-corrected chi connectivity index (χ3v) is 4.07. The van der Waals surface area contributed by atoms with Gasteiger partial charge in [0.25, 0.3) is 0 Å². The Labute approximate surface area is 166 Å². The van der Waals surface area contributed by atoms with Crippen LogP contribution in [0.4, 0.5) is 5.69 Å². The second kappa shape index (κ2) is 9.92. The Balaban J connectivity index is 1.94. The van der Waals surface area contributed by atoms with E-state index < -0.39 is 0 Å². The van der Waals surface area contributed by atoms with Gasteiger partial charge in [-0.2, -0.15) is 0 Å². The van der Waals surface area contributed by atoms with Gasteiger partial charge >= 0.3 is 5.97 Å². The minimum atomic E-state index is -0.332. The fourth-order valence-electron chi connectivity index (χ4n) is 2.51. The van der Waals surface area contributed by atoms with E-state index in [9.17, 15) is 4.79 Å². The molecule has 6 heteroatoms. The van der Waals surface area contributed by atoms with Crippen molar-refractivity contribution in [2.45, 2.75) is 40.3 Å². The number of hydrogen-bond acceptors (Lipinski definition) is 4. The van der Waals surface area contributed by atoms with Crippen LogP contribution in [0.3, 0.4) is 0 Å². The van der Waals surface area contributed by atoms with Crippen LogP contribution in [0.25, 0.3) is 0 Å². The quantitative estimate of drug-likeness (QED) is 0.542. The molecule has 0 saturated carbocycles. The van der Waals surface area contributed by atoms with Crippen LogP contribution in [0, 0.1) is 6.92 Å². The van der Waals surface area contributed by atoms with Gasteiger partial charge in [-0.3, -0.25) is 0 Å². The standard InChI is InChI=1S/C21H26N2O3S/c1-5-25-20(24)18-7-6-8-19(15(18)4)23-21(27)22-13-16-9-11-17(12-10-16)26-14(2)3/h6-12,14H,5,13H2,1-4H3,(H2,22,23,27). The molecule has 2 aromatic rings. The summed E-state index contributed by atoms with van der Waals surface area (Å²) in [7, 11) is 0. The highest BCUT2D eigenvalue weighted by Crippen LogP contribution is 2.20. The first-order valence-electron chi connectivity index (χ1n) is 8.98. The van der Waals surface area contributed by atoms with E-state index in [1.807, 2.05) is 51.1 Å². The summed E-state index contributed by atoms with van der Waals surface area (Å²) in [6.45, 7) is 8.58. The summed E-state index contributed by atoms with van der Waals surface area (Å²) in [5.41, 5.74) is 3.20. The number of carbonyl (C=O) groups is 1. The second-order valence-corrected chi connectivity index (χ2v) is 6.73. The van der Waals surface area contributed by atoms with E-state index in [-0.39, 0.29) is 12.1 Å². The number of rotatable bonds is 7. The molecular formula is C21H26N2O3S. The number of anilines is 1. The molecule has 0 aliphatic heterocycles. The zero-order valence-corrected chi connectivity index (χ0v) is 17.0. The van der Waals surface area contributed by atoms with Crippen molar-refractivity contribution in [3.05, 3.63) is 59.2 Å². The maximum absolute atomic E-state index is 12.0. The molecule has 0 spiro atoms. The molecule has 0 radical (unpaired) electrons. The molecule has 2 aromatic carbocycles. The maximum Gasteiger partial charge on any atom is 0.338 e. The van der Waals surface area contributed by atoms with Crippen LogP contribution in [0.2, 0.25) is 0 Å². The van der Waals surface area contributed by atoms with Crippen molar-refractivity contribution in [3.8, 4) is 5.75 Å². The molecule has 27 heavy (non-hydrogen) atoms. The highest BCUT2D eigenvalue weighted by atomic mass is 32.1. The summed E-state index contributed by atoms with van der Waals surface area (Å²) in [4.78, 5) is 12.0. The number of nitrogens with one attached hydrogen (secondary N) is 2. The lowest BCUT2D eigenvalue weighted by molar-refractivity contribution is 0.0525. The van der Waals surface area contributed by atoms with Gasteiger partial charge in [-0.25, -0.2) is 4.79 Å². The Morgan fingerprint density at radius 1 is 1.15 bits per heavy atom. The van der Waals surface area contributed by atoms with Crippen molar-refractivity contribution < 1.29 is 14.3 Å². The summed E-state index contributed by atoms with van der Waals surface area (Å²) in [6, 6.07) is 13.3. The SMILES string of the molecule is CCOC(=O)c1cccc(NC(=S)NCc2ccc(OC(C)C)cc2)c1C. The topological polar surface area (TPSA) is 59.6 Å². The van der Waals surface area contributed by atoms with Crippen LogP contribution in [0.5, 0.6) is 5.75 Å². The summed E-state index contributed by atoms with van der Waals surface area (Å²) in [6.07, 6.45) is 0.152. The van der Waals surface area contributed by atoms with Crippen LogP contribution < -0.4 is 15.4 Å². The van der Waals surface area contributed by atoms with Crippen LogP contribution in [0.15, 0.2) is 42.5 Å². The summed E-state index contributed by atoms with van der Waals surface area (Å²) in [5, 5.41) is 6.80. The third kappa shape index (κ3) is 6.25.